The molecule has 11 aromatic rings. The Morgan fingerprint density at radius 3 is 1.57 bits per heavy atom. The zero-order chi connectivity index (χ0) is 45.0. The number of rotatable bonds is 8. The molecule has 0 bridgehead atoms. The van der Waals surface area contributed by atoms with Crippen molar-refractivity contribution < 1.29 is 0 Å². The van der Waals surface area contributed by atoms with E-state index in [0.717, 1.165) is 67.0 Å². The zero-order valence-corrected chi connectivity index (χ0v) is 37.6. The molecule has 0 saturated carbocycles. The van der Waals surface area contributed by atoms with Gasteiger partial charge < -0.3 is 4.57 Å². The number of pyridine rings is 1. The van der Waals surface area contributed by atoms with Gasteiger partial charge in [-0.05, 0) is 81.9 Å². The van der Waals surface area contributed by atoms with Gasteiger partial charge in [0.25, 0.3) is 0 Å². The molecule has 6 heteroatoms. The minimum atomic E-state index is 0.0437. The molecular formula is C62H41N5S. The average Bonchev–Trinajstić information content (AvgIpc) is 3.98. The molecule has 0 fully saturated rings. The predicted molar refractivity (Wildman–Crippen MR) is 279 cm³/mol. The van der Waals surface area contributed by atoms with Crippen LogP contribution in [0.25, 0.3) is 101 Å². The van der Waals surface area contributed by atoms with E-state index in [2.05, 4.69) is 199 Å². The van der Waals surface area contributed by atoms with E-state index >= 15 is 0 Å². The molecule has 68 heavy (non-hydrogen) atoms. The molecule has 5 nitrogen and oxygen atoms in total. The van der Waals surface area contributed by atoms with Crippen molar-refractivity contribution in [1.82, 2.24) is 24.5 Å². The molecule has 3 aromatic heterocycles. The standard InChI is InChI=1S/C62H41N5S/c1-6-19-40(20-7-1)44-35-45(41-21-8-2-9-22-41)37-46(36-44)47-38-52(62-65-60(42-23-10-3-11-24-42)64-61(66-62)43-25-12-4-13-26-43)58(63-39-47)51-30-18-32-54-56(51)57-55(68-54)34-33-50-49-29-16-17-31-53(49)67(59(50)57)48-27-14-5-15-28-48/h1-39,55,57H. The molecule has 1 aliphatic heterocycles. The minimum Gasteiger partial charge on any atom is -0.312 e. The van der Waals surface area contributed by atoms with Crippen LogP contribution >= 0.6 is 11.8 Å². The van der Waals surface area contributed by atoms with Crippen LogP contribution in [-0.4, -0.2) is 29.8 Å². The van der Waals surface area contributed by atoms with Crippen LogP contribution in [0.15, 0.2) is 236 Å². The quantitative estimate of drug-likeness (QED) is 0.152. The van der Waals surface area contributed by atoms with Gasteiger partial charge in [0.2, 0.25) is 0 Å². The molecular weight excluding hydrogens is 847 g/mol. The van der Waals surface area contributed by atoms with Gasteiger partial charge in [0.15, 0.2) is 17.5 Å². The Labute approximate surface area is 399 Å². The molecule has 0 N–H and O–H groups in total. The van der Waals surface area contributed by atoms with Crippen LogP contribution in [0, 0.1) is 0 Å². The summed E-state index contributed by atoms with van der Waals surface area (Å²) in [5.41, 5.74) is 17.3. The zero-order valence-electron chi connectivity index (χ0n) is 36.8. The SMILES string of the molecule is C1=CC2Sc3cccc(-c4ncc(-c5cc(-c6ccccc6)cc(-c6ccccc6)c5)cc4-c4nc(-c5ccccc5)nc(-c5ccccc5)n4)c3C2c2c1c1ccccc1n2-c1ccccc1. The highest BCUT2D eigenvalue weighted by Crippen LogP contribution is 2.57. The summed E-state index contributed by atoms with van der Waals surface area (Å²) in [6.45, 7) is 0. The third-order valence-corrected chi connectivity index (χ3v) is 14.6. The van der Waals surface area contributed by atoms with Crippen LogP contribution in [-0.2, 0) is 0 Å². The Morgan fingerprint density at radius 2 is 0.956 bits per heavy atom. The van der Waals surface area contributed by atoms with Crippen LogP contribution in [0.2, 0.25) is 0 Å². The summed E-state index contributed by atoms with van der Waals surface area (Å²) < 4.78 is 2.49. The van der Waals surface area contributed by atoms with Crippen molar-refractivity contribution in [3.63, 3.8) is 0 Å². The highest BCUT2D eigenvalue weighted by atomic mass is 32.2. The lowest BCUT2D eigenvalue weighted by molar-refractivity contribution is 0.784. The lowest BCUT2D eigenvalue weighted by Gasteiger charge is -2.26. The maximum Gasteiger partial charge on any atom is 0.166 e. The number of para-hydroxylation sites is 2. The Morgan fingerprint density at radius 1 is 0.426 bits per heavy atom. The Hall–Kier alpha value is -8.45. The smallest absolute Gasteiger partial charge is 0.166 e. The van der Waals surface area contributed by atoms with E-state index in [1.807, 2.05) is 54.4 Å². The van der Waals surface area contributed by atoms with Crippen molar-refractivity contribution in [3.8, 4) is 84.5 Å². The van der Waals surface area contributed by atoms with E-state index in [-0.39, 0.29) is 11.2 Å². The van der Waals surface area contributed by atoms with Crippen LogP contribution < -0.4 is 0 Å². The van der Waals surface area contributed by atoms with E-state index in [9.17, 15) is 0 Å². The van der Waals surface area contributed by atoms with Crippen LogP contribution in [0.5, 0.6) is 0 Å². The number of fused-ring (bicyclic) bond motifs is 7. The summed E-state index contributed by atoms with van der Waals surface area (Å²) in [5.74, 6) is 1.81. The summed E-state index contributed by atoms with van der Waals surface area (Å²) in [5, 5.41) is 1.44. The van der Waals surface area contributed by atoms with Gasteiger partial charge >= 0.3 is 0 Å². The van der Waals surface area contributed by atoms with Gasteiger partial charge in [-0.3, -0.25) is 4.98 Å². The van der Waals surface area contributed by atoms with Gasteiger partial charge in [0.05, 0.1) is 11.2 Å². The molecule has 0 radical (unpaired) electrons. The summed E-state index contributed by atoms with van der Waals surface area (Å²) in [6, 6.07) is 77.0. The van der Waals surface area contributed by atoms with Crippen molar-refractivity contribution in [2.75, 3.05) is 0 Å². The van der Waals surface area contributed by atoms with Gasteiger partial charge in [-0.15, -0.1) is 11.8 Å². The van der Waals surface area contributed by atoms with Gasteiger partial charge in [0, 0.05) is 72.4 Å². The first-order chi connectivity index (χ1) is 33.7. The van der Waals surface area contributed by atoms with Gasteiger partial charge in [-0.1, -0.05) is 182 Å². The Kier molecular flexibility index (Phi) is 9.83. The summed E-state index contributed by atoms with van der Waals surface area (Å²) >= 11 is 1.94. The van der Waals surface area contributed by atoms with Crippen molar-refractivity contribution in [2.24, 2.45) is 0 Å². The van der Waals surface area contributed by atoms with E-state index < -0.39 is 0 Å². The number of hydrogen-bond donors (Lipinski definition) is 0. The normalized spacial score (nSPS) is 14.6. The number of hydrogen-bond acceptors (Lipinski definition) is 5. The molecule has 2 aliphatic rings. The molecule has 0 saturated heterocycles. The number of nitrogens with zero attached hydrogens (tertiary/aromatic N) is 5. The highest BCUT2D eigenvalue weighted by Gasteiger charge is 2.42. The second-order valence-corrected chi connectivity index (χ2v) is 18.5. The van der Waals surface area contributed by atoms with E-state index in [1.54, 1.807) is 0 Å². The molecule has 2 unspecified atom stereocenters. The fourth-order valence-electron chi connectivity index (χ4n) is 10.1. The fourth-order valence-corrected chi connectivity index (χ4v) is 11.5. The molecule has 4 heterocycles. The molecule has 1 aliphatic carbocycles. The number of aromatic nitrogens is 5. The second kappa shape index (κ2) is 16.8. The molecule has 0 amide bonds. The lowest BCUT2D eigenvalue weighted by atomic mass is 9.82. The molecule has 2 atom stereocenters. The first-order valence-corrected chi connectivity index (χ1v) is 23.9. The van der Waals surface area contributed by atoms with Crippen molar-refractivity contribution >= 4 is 28.7 Å². The number of benzene rings is 8. The third-order valence-electron chi connectivity index (χ3n) is 13.2. The first kappa shape index (κ1) is 39.9. The molecule has 320 valence electrons. The van der Waals surface area contributed by atoms with Crippen LogP contribution in [0.3, 0.4) is 0 Å². The van der Waals surface area contributed by atoms with Crippen LogP contribution in [0.4, 0.5) is 0 Å². The number of thioether (sulfide) groups is 1. The Balaban J connectivity index is 1.07. The predicted octanol–water partition coefficient (Wildman–Crippen LogP) is 15.5. The van der Waals surface area contributed by atoms with Gasteiger partial charge in [0.1, 0.15) is 0 Å². The highest BCUT2D eigenvalue weighted by molar-refractivity contribution is 8.00. The molecule has 8 aromatic carbocycles. The summed E-state index contributed by atoms with van der Waals surface area (Å²) in [4.78, 5) is 22.7. The van der Waals surface area contributed by atoms with Crippen molar-refractivity contribution in [3.05, 3.63) is 247 Å². The lowest BCUT2D eigenvalue weighted by Crippen LogP contribution is -2.18. The summed E-state index contributed by atoms with van der Waals surface area (Å²) in [7, 11) is 0. The van der Waals surface area contributed by atoms with E-state index in [4.69, 9.17) is 19.9 Å². The first-order valence-electron chi connectivity index (χ1n) is 23.0. The topological polar surface area (TPSA) is 56.5 Å². The van der Waals surface area contributed by atoms with E-state index in [1.165, 1.54) is 32.6 Å². The van der Waals surface area contributed by atoms with Crippen molar-refractivity contribution in [1.29, 1.82) is 0 Å². The second-order valence-electron chi connectivity index (χ2n) is 17.3. The summed E-state index contributed by atoms with van der Waals surface area (Å²) in [6.07, 6.45) is 6.81. The average molecular weight is 888 g/mol. The van der Waals surface area contributed by atoms with Gasteiger partial charge in [-0.25, -0.2) is 15.0 Å². The minimum absolute atomic E-state index is 0.0437. The monoisotopic (exact) mass is 887 g/mol. The Bertz CT molecular complexity index is 3590. The third kappa shape index (κ3) is 6.97. The fraction of sp³-hybridized carbons (Fsp3) is 0.0323. The maximum absolute atomic E-state index is 5.57. The molecule has 13 rings (SSSR count). The van der Waals surface area contributed by atoms with Crippen LogP contribution in [0.1, 0.15) is 22.7 Å². The van der Waals surface area contributed by atoms with Crippen molar-refractivity contribution in [2.45, 2.75) is 16.1 Å². The van der Waals surface area contributed by atoms with Gasteiger partial charge in [-0.2, -0.15) is 0 Å². The molecule has 0 spiro atoms. The van der Waals surface area contributed by atoms with E-state index in [0.29, 0.717) is 17.5 Å². The maximum atomic E-state index is 5.57. The largest absolute Gasteiger partial charge is 0.312 e.